The number of methoxy groups -OCH3 is 1. The maximum atomic E-state index is 5.17. The fourth-order valence-corrected chi connectivity index (χ4v) is 1.57. The van der Waals surface area contributed by atoms with E-state index in [2.05, 4.69) is 17.8 Å². The van der Waals surface area contributed by atoms with Gasteiger partial charge in [-0.25, -0.2) is 0 Å². The molecule has 0 saturated carbocycles. The van der Waals surface area contributed by atoms with E-state index in [0.29, 0.717) is 11.6 Å². The molecule has 1 aromatic heterocycles. The summed E-state index contributed by atoms with van der Waals surface area (Å²) < 4.78 is 15.1. The van der Waals surface area contributed by atoms with Gasteiger partial charge in [-0.05, 0) is 10.7 Å². The number of hydrogen-bond donors (Lipinski definition) is 1. The molecule has 4 nitrogen and oxygen atoms in total. The lowest BCUT2D eigenvalue weighted by Crippen LogP contribution is -1.98. The summed E-state index contributed by atoms with van der Waals surface area (Å²) in [5.41, 5.74) is 2.11. The highest BCUT2D eigenvalue weighted by molar-refractivity contribution is 7.79. The molecule has 0 spiro atoms. The van der Waals surface area contributed by atoms with Crippen molar-refractivity contribution in [3.8, 4) is 17.2 Å². The van der Waals surface area contributed by atoms with Gasteiger partial charge >= 0.3 is 0 Å². The summed E-state index contributed by atoms with van der Waals surface area (Å²) >= 11 is 4.20. The van der Waals surface area contributed by atoms with E-state index in [-0.39, 0.29) is 6.79 Å². The quantitative estimate of drug-likeness (QED) is 0.655. The van der Waals surface area contributed by atoms with Crippen molar-refractivity contribution in [1.29, 1.82) is 0 Å². The first-order chi connectivity index (χ1) is 8.33. The van der Waals surface area contributed by atoms with E-state index in [4.69, 9.17) is 14.0 Å². The average Bonchev–Trinajstić information content (AvgIpc) is 2.85. The van der Waals surface area contributed by atoms with Crippen molar-refractivity contribution in [2.45, 2.75) is 5.75 Å². The summed E-state index contributed by atoms with van der Waals surface area (Å²) in [4.78, 5) is 0. The topological polar surface area (TPSA) is 44.5 Å². The summed E-state index contributed by atoms with van der Waals surface area (Å²) in [5.74, 6) is 1.81. The molecule has 0 fully saturated rings. The Morgan fingerprint density at radius 2 is 2.06 bits per heavy atom. The van der Waals surface area contributed by atoms with E-state index < -0.39 is 0 Å². The molecule has 0 radical (unpaired) electrons. The predicted octanol–water partition coefficient (Wildman–Crippen LogP) is 2.75. The molecule has 17 heavy (non-hydrogen) atoms. The number of benzene rings is 1. The van der Waals surface area contributed by atoms with Gasteiger partial charge < -0.3 is 14.0 Å². The molecular formula is C12H13NO3S. The third-order valence-electron chi connectivity index (χ3n) is 2.23. The van der Waals surface area contributed by atoms with Gasteiger partial charge in [-0.1, -0.05) is 24.3 Å². The molecule has 5 heteroatoms. The van der Waals surface area contributed by atoms with Crippen LogP contribution in [0.1, 0.15) is 5.56 Å². The highest BCUT2D eigenvalue weighted by Crippen LogP contribution is 2.24. The molecule has 0 bridgehead atoms. The number of rotatable bonds is 5. The summed E-state index contributed by atoms with van der Waals surface area (Å²) in [6.45, 7) is 0.157. The number of hydrogen-bond acceptors (Lipinski definition) is 5. The van der Waals surface area contributed by atoms with Crippen LogP contribution in [0, 0.1) is 0 Å². The molecule has 0 atom stereocenters. The zero-order valence-corrected chi connectivity index (χ0v) is 10.3. The van der Waals surface area contributed by atoms with Crippen LogP contribution in [0.2, 0.25) is 0 Å². The molecule has 1 heterocycles. The van der Waals surface area contributed by atoms with Crippen LogP contribution >= 0.6 is 12.6 Å². The molecule has 0 aliphatic rings. The summed E-state index contributed by atoms with van der Waals surface area (Å²) in [6.07, 6.45) is 0. The van der Waals surface area contributed by atoms with Crippen LogP contribution < -0.4 is 4.74 Å². The van der Waals surface area contributed by atoms with Gasteiger partial charge in [-0.3, -0.25) is 0 Å². The van der Waals surface area contributed by atoms with E-state index in [0.717, 1.165) is 16.9 Å². The Bertz CT molecular complexity index is 467. The summed E-state index contributed by atoms with van der Waals surface area (Å²) in [5, 5.41) is 3.78. The highest BCUT2D eigenvalue weighted by Gasteiger charge is 2.07. The molecule has 90 valence electrons. The maximum absolute atomic E-state index is 5.17. The van der Waals surface area contributed by atoms with Crippen molar-refractivity contribution in [3.63, 3.8) is 0 Å². The van der Waals surface area contributed by atoms with Crippen LogP contribution in [-0.4, -0.2) is 19.1 Å². The Hall–Kier alpha value is -1.46. The van der Waals surface area contributed by atoms with Crippen molar-refractivity contribution in [1.82, 2.24) is 5.16 Å². The van der Waals surface area contributed by atoms with E-state index in [1.807, 2.05) is 24.3 Å². The van der Waals surface area contributed by atoms with Crippen molar-refractivity contribution >= 4 is 12.6 Å². The second-order valence-electron chi connectivity index (χ2n) is 3.44. The highest BCUT2D eigenvalue weighted by atomic mass is 32.1. The largest absolute Gasteiger partial charge is 0.448 e. The standard InChI is InChI=1S/C12H13NO3S/c1-14-8-15-12-6-11(16-13-12)10-4-2-9(7-17)3-5-10/h2-6,17H,7-8H2,1H3. The molecule has 2 aromatic rings. The van der Waals surface area contributed by atoms with Gasteiger partial charge in [-0.15, -0.1) is 0 Å². The lowest BCUT2D eigenvalue weighted by atomic mass is 10.1. The Kier molecular flexibility index (Phi) is 4.06. The SMILES string of the molecule is COCOc1cc(-c2ccc(CS)cc2)on1. The van der Waals surface area contributed by atoms with Gasteiger partial charge in [0.15, 0.2) is 12.6 Å². The van der Waals surface area contributed by atoms with Crippen molar-refractivity contribution < 1.29 is 14.0 Å². The first-order valence-electron chi connectivity index (χ1n) is 5.12. The lowest BCUT2D eigenvalue weighted by Gasteiger charge is -1.98. The Labute approximate surface area is 105 Å². The first kappa shape index (κ1) is 12.0. The molecule has 0 amide bonds. The Morgan fingerprint density at radius 3 is 2.71 bits per heavy atom. The Balaban J connectivity index is 2.12. The number of ether oxygens (including phenoxy) is 2. The van der Waals surface area contributed by atoms with Crippen LogP contribution in [0.25, 0.3) is 11.3 Å². The monoisotopic (exact) mass is 251 g/mol. The smallest absolute Gasteiger partial charge is 0.256 e. The normalized spacial score (nSPS) is 10.5. The fourth-order valence-electron chi connectivity index (χ4n) is 1.36. The van der Waals surface area contributed by atoms with Crippen LogP contribution in [0.3, 0.4) is 0 Å². The first-order valence-corrected chi connectivity index (χ1v) is 5.75. The third-order valence-corrected chi connectivity index (χ3v) is 2.60. The van der Waals surface area contributed by atoms with Gasteiger partial charge in [0.05, 0.1) is 0 Å². The minimum absolute atomic E-state index is 0.157. The van der Waals surface area contributed by atoms with Crippen LogP contribution in [0.5, 0.6) is 5.88 Å². The van der Waals surface area contributed by atoms with Crippen LogP contribution in [-0.2, 0) is 10.5 Å². The minimum atomic E-state index is 0.157. The number of nitrogens with zero attached hydrogens (tertiary/aromatic N) is 1. The number of aromatic nitrogens is 1. The Morgan fingerprint density at radius 1 is 1.29 bits per heavy atom. The molecule has 1 aromatic carbocycles. The molecule has 0 aliphatic carbocycles. The summed E-state index contributed by atoms with van der Waals surface area (Å²) in [6, 6.07) is 9.66. The molecule has 0 aliphatic heterocycles. The van der Waals surface area contributed by atoms with Gasteiger partial charge in [0.1, 0.15) is 0 Å². The lowest BCUT2D eigenvalue weighted by molar-refractivity contribution is 0.0453. The maximum Gasteiger partial charge on any atom is 0.256 e. The minimum Gasteiger partial charge on any atom is -0.448 e. The predicted molar refractivity (Wildman–Crippen MR) is 67.1 cm³/mol. The fraction of sp³-hybridized carbons (Fsp3) is 0.250. The van der Waals surface area contributed by atoms with Crippen molar-refractivity contribution in [2.75, 3.05) is 13.9 Å². The van der Waals surface area contributed by atoms with Crippen molar-refractivity contribution in [3.05, 3.63) is 35.9 Å². The molecule has 2 rings (SSSR count). The number of thiol groups is 1. The second kappa shape index (κ2) is 5.75. The van der Waals surface area contributed by atoms with Crippen LogP contribution in [0.15, 0.2) is 34.9 Å². The second-order valence-corrected chi connectivity index (χ2v) is 3.75. The summed E-state index contributed by atoms with van der Waals surface area (Å²) in [7, 11) is 1.55. The zero-order valence-electron chi connectivity index (χ0n) is 9.42. The van der Waals surface area contributed by atoms with E-state index >= 15 is 0 Å². The van der Waals surface area contributed by atoms with Gasteiger partial charge in [0, 0.05) is 24.5 Å². The van der Waals surface area contributed by atoms with E-state index in [1.165, 1.54) is 0 Å². The van der Waals surface area contributed by atoms with Gasteiger partial charge in [0.2, 0.25) is 0 Å². The molecule has 0 unspecified atom stereocenters. The molecule has 0 N–H and O–H groups in total. The van der Waals surface area contributed by atoms with Crippen molar-refractivity contribution in [2.24, 2.45) is 0 Å². The molecule has 0 saturated heterocycles. The van der Waals surface area contributed by atoms with E-state index in [1.54, 1.807) is 13.2 Å². The van der Waals surface area contributed by atoms with E-state index in [9.17, 15) is 0 Å². The third kappa shape index (κ3) is 3.01. The zero-order chi connectivity index (χ0) is 12.1. The van der Waals surface area contributed by atoms with Gasteiger partial charge in [0.25, 0.3) is 5.88 Å². The van der Waals surface area contributed by atoms with Crippen LogP contribution in [0.4, 0.5) is 0 Å². The molecular weight excluding hydrogens is 238 g/mol. The average molecular weight is 251 g/mol. The van der Waals surface area contributed by atoms with Gasteiger partial charge in [-0.2, -0.15) is 12.6 Å².